The van der Waals surface area contributed by atoms with Crippen LogP contribution in [0, 0.1) is 0 Å². The van der Waals surface area contributed by atoms with Gasteiger partial charge >= 0.3 is 0 Å². The Morgan fingerprint density at radius 3 is 3.08 bits per heavy atom. The fourth-order valence-corrected chi connectivity index (χ4v) is 1.28. The van der Waals surface area contributed by atoms with Gasteiger partial charge in [-0.05, 0) is 18.6 Å². The molecule has 0 aliphatic heterocycles. The van der Waals surface area contributed by atoms with E-state index in [0.29, 0.717) is 0 Å². The van der Waals surface area contributed by atoms with E-state index in [-0.39, 0.29) is 6.04 Å². The maximum absolute atomic E-state index is 5.76. The molecule has 1 aromatic carbocycles. The standard InChI is InChI=1S/C9H10N2O/c1-6(10)8-4-2-3-7-5-12-11-9(7)8/h2-6H,10H2,1H3. The third kappa shape index (κ3) is 0.987. The highest BCUT2D eigenvalue weighted by atomic mass is 16.5. The highest BCUT2D eigenvalue weighted by molar-refractivity contribution is 5.80. The summed E-state index contributed by atoms with van der Waals surface area (Å²) in [6.45, 7) is 1.93. The number of hydrogen-bond acceptors (Lipinski definition) is 3. The normalized spacial score (nSPS) is 13.5. The average Bonchev–Trinajstić information content (AvgIpc) is 2.49. The van der Waals surface area contributed by atoms with Gasteiger partial charge in [0, 0.05) is 11.4 Å². The van der Waals surface area contributed by atoms with Crippen molar-refractivity contribution in [1.29, 1.82) is 0 Å². The van der Waals surface area contributed by atoms with Gasteiger partial charge in [-0.15, -0.1) is 0 Å². The van der Waals surface area contributed by atoms with Crippen molar-refractivity contribution in [2.45, 2.75) is 13.0 Å². The molecule has 0 radical (unpaired) electrons. The second-order valence-corrected chi connectivity index (χ2v) is 2.89. The molecule has 62 valence electrons. The molecule has 3 nitrogen and oxygen atoms in total. The fraction of sp³-hybridized carbons (Fsp3) is 0.222. The Bertz CT molecular complexity index is 392. The molecule has 1 heterocycles. The molecule has 0 aliphatic rings. The smallest absolute Gasteiger partial charge is 0.131 e. The highest BCUT2D eigenvalue weighted by Gasteiger charge is 2.07. The number of benzene rings is 1. The first-order valence-corrected chi connectivity index (χ1v) is 3.87. The van der Waals surface area contributed by atoms with Gasteiger partial charge in [-0.2, -0.15) is 0 Å². The third-order valence-corrected chi connectivity index (χ3v) is 1.91. The summed E-state index contributed by atoms with van der Waals surface area (Å²) in [4.78, 5) is 0. The summed E-state index contributed by atoms with van der Waals surface area (Å²) < 4.78 is 4.85. The van der Waals surface area contributed by atoms with Gasteiger partial charge in [-0.3, -0.25) is 0 Å². The van der Waals surface area contributed by atoms with E-state index in [1.807, 2.05) is 25.1 Å². The van der Waals surface area contributed by atoms with E-state index in [1.165, 1.54) is 0 Å². The molecule has 0 saturated carbocycles. The van der Waals surface area contributed by atoms with Crippen molar-refractivity contribution in [3.63, 3.8) is 0 Å². The van der Waals surface area contributed by atoms with E-state index in [9.17, 15) is 0 Å². The maximum atomic E-state index is 5.76. The van der Waals surface area contributed by atoms with Gasteiger partial charge in [0.1, 0.15) is 11.8 Å². The Morgan fingerprint density at radius 2 is 2.33 bits per heavy atom. The lowest BCUT2D eigenvalue weighted by atomic mass is 10.1. The third-order valence-electron chi connectivity index (χ3n) is 1.91. The van der Waals surface area contributed by atoms with Crippen LogP contribution in [0.1, 0.15) is 18.5 Å². The summed E-state index contributed by atoms with van der Waals surface area (Å²) >= 11 is 0. The van der Waals surface area contributed by atoms with Crippen molar-refractivity contribution < 1.29 is 4.52 Å². The second-order valence-electron chi connectivity index (χ2n) is 2.89. The molecule has 2 aromatic rings. The minimum Gasteiger partial charge on any atom is -0.363 e. The summed E-state index contributed by atoms with van der Waals surface area (Å²) in [6, 6.07) is 5.88. The Kier molecular flexibility index (Phi) is 1.59. The number of aromatic nitrogens is 1. The number of nitrogens with two attached hydrogens (primary N) is 1. The van der Waals surface area contributed by atoms with E-state index < -0.39 is 0 Å². The van der Waals surface area contributed by atoms with Crippen molar-refractivity contribution in [3.8, 4) is 0 Å². The molecule has 0 fully saturated rings. The SMILES string of the molecule is CC(N)c1cccc2conc12. The molecule has 2 rings (SSSR count). The summed E-state index contributed by atoms with van der Waals surface area (Å²) in [5.74, 6) is 0. The van der Waals surface area contributed by atoms with Gasteiger partial charge in [0.05, 0.1) is 0 Å². The summed E-state index contributed by atoms with van der Waals surface area (Å²) in [6.07, 6.45) is 1.63. The minimum absolute atomic E-state index is 0.00111. The molecule has 0 saturated heterocycles. The zero-order valence-electron chi connectivity index (χ0n) is 6.82. The number of rotatable bonds is 1. The van der Waals surface area contributed by atoms with Crippen LogP contribution in [0.25, 0.3) is 10.9 Å². The monoisotopic (exact) mass is 162 g/mol. The zero-order valence-corrected chi connectivity index (χ0v) is 6.82. The van der Waals surface area contributed by atoms with E-state index in [0.717, 1.165) is 16.5 Å². The predicted molar refractivity (Wildman–Crippen MR) is 46.6 cm³/mol. The molecule has 2 N–H and O–H groups in total. The molecule has 0 amide bonds. The fourth-order valence-electron chi connectivity index (χ4n) is 1.28. The van der Waals surface area contributed by atoms with Gasteiger partial charge in [0.25, 0.3) is 0 Å². The molecule has 3 heteroatoms. The molecular weight excluding hydrogens is 152 g/mol. The maximum Gasteiger partial charge on any atom is 0.131 e. The van der Waals surface area contributed by atoms with Gasteiger partial charge in [-0.25, -0.2) is 0 Å². The lowest BCUT2D eigenvalue weighted by Gasteiger charge is -2.03. The van der Waals surface area contributed by atoms with E-state index in [2.05, 4.69) is 5.16 Å². The molecule has 0 spiro atoms. The van der Waals surface area contributed by atoms with Crippen LogP contribution in [0.4, 0.5) is 0 Å². The molecular formula is C9H10N2O. The molecule has 1 aromatic heterocycles. The lowest BCUT2D eigenvalue weighted by Crippen LogP contribution is -2.05. The Labute approximate surface area is 70.1 Å². The van der Waals surface area contributed by atoms with Gasteiger partial charge in [-0.1, -0.05) is 17.3 Å². The van der Waals surface area contributed by atoms with Crippen LogP contribution < -0.4 is 5.73 Å². The van der Waals surface area contributed by atoms with Crippen LogP contribution in [0.15, 0.2) is 29.0 Å². The van der Waals surface area contributed by atoms with Crippen molar-refractivity contribution in [3.05, 3.63) is 30.0 Å². The first-order chi connectivity index (χ1) is 5.79. The number of hydrogen-bond donors (Lipinski definition) is 1. The van der Waals surface area contributed by atoms with Crippen molar-refractivity contribution in [1.82, 2.24) is 5.16 Å². The van der Waals surface area contributed by atoms with Crippen molar-refractivity contribution in [2.24, 2.45) is 5.73 Å². The van der Waals surface area contributed by atoms with Gasteiger partial charge < -0.3 is 10.3 Å². The minimum atomic E-state index is -0.00111. The largest absolute Gasteiger partial charge is 0.363 e. The number of nitrogens with zero attached hydrogens (tertiary/aromatic N) is 1. The topological polar surface area (TPSA) is 52.0 Å². The van der Waals surface area contributed by atoms with Crippen LogP contribution in [-0.4, -0.2) is 5.16 Å². The first-order valence-electron chi connectivity index (χ1n) is 3.87. The summed E-state index contributed by atoms with van der Waals surface area (Å²) in [7, 11) is 0. The molecule has 0 aliphatic carbocycles. The summed E-state index contributed by atoms with van der Waals surface area (Å²) in [5.41, 5.74) is 7.65. The van der Waals surface area contributed by atoms with Crippen molar-refractivity contribution >= 4 is 10.9 Å². The highest BCUT2D eigenvalue weighted by Crippen LogP contribution is 2.20. The predicted octanol–water partition coefficient (Wildman–Crippen LogP) is 1.85. The van der Waals surface area contributed by atoms with Crippen molar-refractivity contribution in [2.75, 3.05) is 0 Å². The molecule has 0 bridgehead atoms. The van der Waals surface area contributed by atoms with Crippen LogP contribution in [0.5, 0.6) is 0 Å². The van der Waals surface area contributed by atoms with E-state index >= 15 is 0 Å². The quantitative estimate of drug-likeness (QED) is 0.696. The lowest BCUT2D eigenvalue weighted by molar-refractivity contribution is 0.427. The summed E-state index contributed by atoms with van der Waals surface area (Å²) in [5, 5.41) is 4.89. The van der Waals surface area contributed by atoms with Crippen LogP contribution >= 0.6 is 0 Å². The Hall–Kier alpha value is -1.35. The molecule has 12 heavy (non-hydrogen) atoms. The van der Waals surface area contributed by atoms with E-state index in [1.54, 1.807) is 6.26 Å². The number of fused-ring (bicyclic) bond motifs is 1. The molecule has 1 atom stereocenters. The first kappa shape index (κ1) is 7.31. The Morgan fingerprint density at radius 1 is 1.50 bits per heavy atom. The van der Waals surface area contributed by atoms with Crippen LogP contribution in [0.2, 0.25) is 0 Å². The van der Waals surface area contributed by atoms with Crippen LogP contribution in [-0.2, 0) is 0 Å². The van der Waals surface area contributed by atoms with Gasteiger partial charge in [0.2, 0.25) is 0 Å². The van der Waals surface area contributed by atoms with Gasteiger partial charge in [0.15, 0.2) is 0 Å². The Balaban J connectivity index is 2.73. The van der Waals surface area contributed by atoms with E-state index in [4.69, 9.17) is 10.3 Å². The molecule has 1 unspecified atom stereocenters. The average molecular weight is 162 g/mol. The zero-order chi connectivity index (χ0) is 8.55. The van der Waals surface area contributed by atoms with Crippen LogP contribution in [0.3, 0.4) is 0 Å². The second kappa shape index (κ2) is 2.60.